The van der Waals surface area contributed by atoms with Crippen molar-refractivity contribution in [3.05, 3.63) is 66.7 Å². The first-order chi connectivity index (χ1) is 11.9. The molecule has 1 aromatic heterocycles. The van der Waals surface area contributed by atoms with Crippen LogP contribution < -0.4 is 10.1 Å². The third kappa shape index (κ3) is 2.75. The second-order valence-corrected chi connectivity index (χ2v) is 12.7. The molecular formula is C22H23NOSi. The first-order valence-electron chi connectivity index (χ1n) is 8.70. The van der Waals surface area contributed by atoms with Gasteiger partial charge in [-0.15, -0.1) is 0 Å². The van der Waals surface area contributed by atoms with Gasteiger partial charge in [-0.05, 0) is 24.3 Å². The van der Waals surface area contributed by atoms with E-state index in [9.17, 15) is 0 Å². The van der Waals surface area contributed by atoms with Gasteiger partial charge in [0.1, 0.15) is 5.58 Å². The summed E-state index contributed by atoms with van der Waals surface area (Å²) in [6, 6.07) is 23.6. The molecule has 25 heavy (non-hydrogen) atoms. The number of anilines is 2. The fraction of sp³-hybridized carbons (Fsp3) is 0.182. The Labute approximate surface area is 149 Å². The highest BCUT2D eigenvalue weighted by molar-refractivity contribution is 6.88. The maximum atomic E-state index is 6.17. The summed E-state index contributed by atoms with van der Waals surface area (Å²) in [6.07, 6.45) is 0. The molecule has 0 amide bonds. The minimum atomic E-state index is -1.27. The van der Waals surface area contributed by atoms with Crippen LogP contribution in [-0.4, -0.2) is 15.1 Å². The van der Waals surface area contributed by atoms with Gasteiger partial charge in [0.05, 0.1) is 13.8 Å². The minimum Gasteiger partial charge on any atom is -0.454 e. The summed E-state index contributed by atoms with van der Waals surface area (Å²) < 4.78 is 6.17. The van der Waals surface area contributed by atoms with Gasteiger partial charge in [-0.25, -0.2) is 0 Å². The van der Waals surface area contributed by atoms with E-state index in [1.807, 2.05) is 12.1 Å². The first-order valence-corrected chi connectivity index (χ1v) is 12.2. The molecule has 0 spiro atoms. The maximum Gasteiger partial charge on any atom is 0.159 e. The quantitative estimate of drug-likeness (QED) is 0.430. The Morgan fingerprint density at radius 2 is 1.44 bits per heavy atom. The van der Waals surface area contributed by atoms with Crippen molar-refractivity contribution < 1.29 is 4.42 Å². The molecular weight excluding hydrogens is 322 g/mol. The molecule has 0 bridgehead atoms. The Morgan fingerprint density at radius 1 is 0.760 bits per heavy atom. The third-order valence-electron chi connectivity index (χ3n) is 4.87. The monoisotopic (exact) mass is 345 g/mol. The van der Waals surface area contributed by atoms with Crippen LogP contribution in [0, 0.1) is 0 Å². The van der Waals surface area contributed by atoms with E-state index in [1.54, 1.807) is 0 Å². The molecule has 0 unspecified atom stereocenters. The molecule has 0 aliphatic heterocycles. The number of rotatable bonds is 3. The van der Waals surface area contributed by atoms with Crippen LogP contribution in [0.1, 0.15) is 0 Å². The van der Waals surface area contributed by atoms with E-state index in [4.69, 9.17) is 4.42 Å². The number of hydrogen-bond donors (Lipinski definition) is 0. The first kappa shape index (κ1) is 16.0. The largest absolute Gasteiger partial charge is 0.454 e. The van der Waals surface area contributed by atoms with E-state index < -0.39 is 8.07 Å². The van der Waals surface area contributed by atoms with E-state index >= 15 is 0 Å². The average molecular weight is 346 g/mol. The molecule has 2 nitrogen and oxygen atoms in total. The number of nitrogens with zero attached hydrogens (tertiary/aromatic N) is 1. The van der Waals surface area contributed by atoms with Crippen molar-refractivity contribution in [3.63, 3.8) is 0 Å². The van der Waals surface area contributed by atoms with Gasteiger partial charge in [0.15, 0.2) is 5.58 Å². The normalized spacial score (nSPS) is 12.0. The Balaban J connectivity index is 1.81. The van der Waals surface area contributed by atoms with E-state index in [0.717, 1.165) is 16.9 Å². The van der Waals surface area contributed by atoms with Crippen molar-refractivity contribution in [2.45, 2.75) is 19.6 Å². The summed E-state index contributed by atoms with van der Waals surface area (Å²) in [5.41, 5.74) is 4.15. The van der Waals surface area contributed by atoms with Gasteiger partial charge in [-0.1, -0.05) is 67.3 Å². The van der Waals surface area contributed by atoms with Crippen molar-refractivity contribution in [2.24, 2.45) is 0 Å². The molecule has 0 fully saturated rings. The molecule has 3 heteroatoms. The lowest BCUT2D eigenvalue weighted by Gasteiger charge is -2.22. The predicted octanol–water partition coefficient (Wildman–Crippen LogP) is 5.90. The maximum absolute atomic E-state index is 6.17. The van der Waals surface area contributed by atoms with Crippen LogP contribution >= 0.6 is 0 Å². The van der Waals surface area contributed by atoms with Crippen LogP contribution in [0.3, 0.4) is 0 Å². The highest BCUT2D eigenvalue weighted by Crippen LogP contribution is 2.36. The van der Waals surface area contributed by atoms with Crippen LogP contribution in [0.15, 0.2) is 71.1 Å². The van der Waals surface area contributed by atoms with Crippen molar-refractivity contribution in [1.29, 1.82) is 0 Å². The molecule has 0 aliphatic carbocycles. The zero-order valence-electron chi connectivity index (χ0n) is 15.2. The van der Waals surface area contributed by atoms with Crippen molar-refractivity contribution in [1.82, 2.24) is 0 Å². The molecule has 0 saturated carbocycles. The zero-order valence-corrected chi connectivity index (χ0v) is 16.2. The molecule has 0 saturated heterocycles. The number of furan rings is 1. The molecule has 0 aliphatic rings. The van der Waals surface area contributed by atoms with Crippen LogP contribution in [-0.2, 0) is 0 Å². The molecule has 1 heterocycles. The Hall–Kier alpha value is -2.52. The highest BCUT2D eigenvalue weighted by Gasteiger charge is 2.17. The van der Waals surface area contributed by atoms with Crippen LogP contribution in [0.25, 0.3) is 21.9 Å². The summed E-state index contributed by atoms with van der Waals surface area (Å²) >= 11 is 0. The van der Waals surface area contributed by atoms with Gasteiger partial charge >= 0.3 is 0 Å². The summed E-state index contributed by atoms with van der Waals surface area (Å²) in [5.74, 6) is 0. The molecule has 0 atom stereocenters. The van der Waals surface area contributed by atoms with E-state index in [-0.39, 0.29) is 0 Å². The number of para-hydroxylation sites is 2. The Morgan fingerprint density at radius 3 is 2.16 bits per heavy atom. The average Bonchev–Trinajstić information content (AvgIpc) is 2.99. The van der Waals surface area contributed by atoms with Crippen LogP contribution in [0.5, 0.6) is 0 Å². The summed E-state index contributed by atoms with van der Waals surface area (Å²) in [4.78, 5) is 2.21. The van der Waals surface area contributed by atoms with Crippen LogP contribution in [0.4, 0.5) is 11.4 Å². The number of fused-ring (bicyclic) bond motifs is 3. The van der Waals surface area contributed by atoms with E-state index in [0.29, 0.717) is 0 Å². The van der Waals surface area contributed by atoms with Gasteiger partial charge < -0.3 is 9.32 Å². The van der Waals surface area contributed by atoms with Crippen molar-refractivity contribution >= 4 is 46.6 Å². The SMILES string of the molecule is CN(c1ccc([Si](C)(C)C)cc1)c1cccc2c1oc1ccccc12. The fourth-order valence-electron chi connectivity index (χ4n) is 3.32. The minimum absolute atomic E-state index is 0.937. The molecule has 4 rings (SSSR count). The third-order valence-corrected chi connectivity index (χ3v) is 6.93. The van der Waals surface area contributed by atoms with Gasteiger partial charge in [-0.3, -0.25) is 0 Å². The fourth-order valence-corrected chi connectivity index (χ4v) is 4.49. The Kier molecular flexibility index (Phi) is 3.69. The lowest BCUT2D eigenvalue weighted by atomic mass is 10.1. The van der Waals surface area contributed by atoms with Crippen molar-refractivity contribution in [2.75, 3.05) is 11.9 Å². The second kappa shape index (κ2) is 5.78. The molecule has 0 N–H and O–H groups in total. The molecule has 3 aromatic carbocycles. The second-order valence-electron chi connectivity index (χ2n) is 7.61. The van der Waals surface area contributed by atoms with E-state index in [2.05, 4.69) is 86.2 Å². The van der Waals surface area contributed by atoms with Crippen molar-refractivity contribution in [3.8, 4) is 0 Å². The lowest BCUT2D eigenvalue weighted by Crippen LogP contribution is -2.37. The number of hydrogen-bond acceptors (Lipinski definition) is 2. The van der Waals surface area contributed by atoms with Gasteiger partial charge in [0, 0.05) is 23.5 Å². The molecule has 4 aromatic rings. The predicted molar refractivity (Wildman–Crippen MR) is 111 cm³/mol. The number of benzene rings is 3. The summed E-state index contributed by atoms with van der Waals surface area (Å²) in [6.45, 7) is 7.13. The van der Waals surface area contributed by atoms with Gasteiger partial charge in [0.25, 0.3) is 0 Å². The smallest absolute Gasteiger partial charge is 0.159 e. The topological polar surface area (TPSA) is 16.4 Å². The van der Waals surface area contributed by atoms with Gasteiger partial charge in [0.2, 0.25) is 0 Å². The molecule has 0 radical (unpaired) electrons. The van der Waals surface area contributed by atoms with E-state index in [1.165, 1.54) is 21.6 Å². The zero-order chi connectivity index (χ0) is 17.6. The molecule has 126 valence electrons. The lowest BCUT2D eigenvalue weighted by molar-refractivity contribution is 0.668. The van der Waals surface area contributed by atoms with Crippen LogP contribution in [0.2, 0.25) is 19.6 Å². The van der Waals surface area contributed by atoms with Gasteiger partial charge in [-0.2, -0.15) is 0 Å². The highest BCUT2D eigenvalue weighted by atomic mass is 28.3. The standard InChI is InChI=1S/C22H23NOSi/c1-23(16-12-14-17(15-13-16)25(2,3)4)20-10-7-9-19-18-8-5-6-11-21(18)24-22(19)20/h5-15H,1-4H3. The summed E-state index contributed by atoms with van der Waals surface area (Å²) in [5, 5.41) is 3.81. The summed E-state index contributed by atoms with van der Waals surface area (Å²) in [7, 11) is 0.829. The Bertz CT molecular complexity index is 1040.